The maximum atomic E-state index is 13.3. The first-order valence-electron chi connectivity index (χ1n) is 7.75. The molecule has 1 fully saturated rings. The number of carbonyl (C=O) groups excluding carboxylic acids is 2. The summed E-state index contributed by atoms with van der Waals surface area (Å²) in [5.74, 6) is -1.01. The van der Waals surface area contributed by atoms with Crippen molar-refractivity contribution in [1.82, 2.24) is 5.32 Å². The van der Waals surface area contributed by atoms with Crippen molar-refractivity contribution < 1.29 is 23.1 Å². The summed E-state index contributed by atoms with van der Waals surface area (Å²) >= 11 is 0. The van der Waals surface area contributed by atoms with Crippen LogP contribution < -0.4 is 15.0 Å². The summed E-state index contributed by atoms with van der Waals surface area (Å²) in [6.07, 6.45) is 0.138. The second-order valence-electron chi connectivity index (χ2n) is 5.70. The van der Waals surface area contributed by atoms with Gasteiger partial charge < -0.3 is 15.0 Å². The fourth-order valence-corrected chi connectivity index (χ4v) is 2.65. The van der Waals surface area contributed by atoms with Gasteiger partial charge in [-0.2, -0.15) is 0 Å². The van der Waals surface area contributed by atoms with Crippen LogP contribution in [0.15, 0.2) is 48.5 Å². The Balaban J connectivity index is 1.52. The monoisotopic (exact) mass is 346 g/mol. The summed E-state index contributed by atoms with van der Waals surface area (Å²) in [5.41, 5.74) is 0.462. The highest BCUT2D eigenvalue weighted by atomic mass is 19.1. The summed E-state index contributed by atoms with van der Waals surface area (Å²) < 4.78 is 31.4. The van der Waals surface area contributed by atoms with Crippen molar-refractivity contribution in [3.63, 3.8) is 0 Å². The Kier molecular flexibility index (Phi) is 4.92. The quantitative estimate of drug-likeness (QED) is 0.904. The third-order valence-electron chi connectivity index (χ3n) is 3.79. The number of rotatable bonds is 5. The normalized spacial score (nSPS) is 16.8. The molecule has 1 N–H and O–H groups in total. The average Bonchev–Trinajstić information content (AvgIpc) is 2.94. The highest BCUT2D eigenvalue weighted by molar-refractivity contribution is 5.96. The summed E-state index contributed by atoms with van der Waals surface area (Å²) in [4.78, 5) is 25.5. The minimum Gasteiger partial charge on any atom is -0.484 e. The van der Waals surface area contributed by atoms with Crippen LogP contribution in [0.3, 0.4) is 0 Å². The van der Waals surface area contributed by atoms with E-state index < -0.39 is 11.6 Å². The maximum absolute atomic E-state index is 13.3. The van der Waals surface area contributed by atoms with E-state index in [1.54, 1.807) is 6.07 Å². The molecule has 0 aromatic heterocycles. The Labute approximate surface area is 143 Å². The van der Waals surface area contributed by atoms with Gasteiger partial charge in [0.2, 0.25) is 5.91 Å². The van der Waals surface area contributed by atoms with Crippen molar-refractivity contribution in [2.24, 2.45) is 0 Å². The first-order chi connectivity index (χ1) is 12.0. The smallest absolute Gasteiger partial charge is 0.258 e. The molecule has 2 amide bonds. The zero-order chi connectivity index (χ0) is 17.8. The molecule has 130 valence electrons. The van der Waals surface area contributed by atoms with Crippen LogP contribution >= 0.6 is 0 Å². The molecular weight excluding hydrogens is 330 g/mol. The van der Waals surface area contributed by atoms with Crippen LogP contribution in [0.5, 0.6) is 5.75 Å². The first-order valence-corrected chi connectivity index (χ1v) is 7.75. The lowest BCUT2D eigenvalue weighted by Crippen LogP contribution is -2.39. The Hall–Kier alpha value is -2.96. The summed E-state index contributed by atoms with van der Waals surface area (Å²) in [5, 5.41) is 2.71. The number of hydrogen-bond donors (Lipinski definition) is 1. The summed E-state index contributed by atoms with van der Waals surface area (Å²) in [7, 11) is 0. The highest BCUT2D eigenvalue weighted by Gasteiger charge is 2.31. The van der Waals surface area contributed by atoms with E-state index in [0.29, 0.717) is 11.4 Å². The number of nitrogens with zero attached hydrogens (tertiary/aromatic N) is 1. The fourth-order valence-electron chi connectivity index (χ4n) is 2.65. The number of benzene rings is 2. The highest BCUT2D eigenvalue weighted by Crippen LogP contribution is 2.22. The lowest BCUT2D eigenvalue weighted by atomic mass is 10.2. The van der Waals surface area contributed by atoms with Gasteiger partial charge in [-0.05, 0) is 42.5 Å². The minimum absolute atomic E-state index is 0.138. The SMILES string of the molecule is O=C(COc1ccc(F)cc1)N[C@H]1CC(=O)N(c2cccc(F)c2)C1. The van der Waals surface area contributed by atoms with Crippen LogP contribution in [0.25, 0.3) is 0 Å². The van der Waals surface area contributed by atoms with Gasteiger partial charge in [0.1, 0.15) is 17.4 Å². The van der Waals surface area contributed by atoms with Crippen LogP contribution in [0.2, 0.25) is 0 Å². The third kappa shape index (κ3) is 4.32. The van der Waals surface area contributed by atoms with E-state index in [0.717, 1.165) is 0 Å². The molecule has 0 aliphatic carbocycles. The minimum atomic E-state index is -0.425. The lowest BCUT2D eigenvalue weighted by molar-refractivity contribution is -0.123. The standard InChI is InChI=1S/C18H16F2N2O3/c19-12-4-6-16(7-5-12)25-11-17(23)21-14-9-18(24)22(10-14)15-3-1-2-13(20)8-15/h1-8,14H,9-11H2,(H,21,23)/t14-/m0/s1. The molecular formula is C18H16F2N2O3. The molecule has 1 aliphatic rings. The average molecular weight is 346 g/mol. The summed E-state index contributed by atoms with van der Waals surface area (Å²) in [6, 6.07) is 10.7. The maximum Gasteiger partial charge on any atom is 0.258 e. The van der Waals surface area contributed by atoms with Gasteiger partial charge in [0, 0.05) is 18.7 Å². The first kappa shape index (κ1) is 16.9. The van der Waals surface area contributed by atoms with E-state index in [1.165, 1.54) is 47.4 Å². The number of nitrogens with one attached hydrogen (secondary N) is 1. The van der Waals surface area contributed by atoms with Crippen molar-refractivity contribution in [2.75, 3.05) is 18.1 Å². The van der Waals surface area contributed by atoms with Crippen LogP contribution in [0.1, 0.15) is 6.42 Å². The van der Waals surface area contributed by atoms with E-state index in [1.807, 2.05) is 0 Å². The van der Waals surface area contributed by atoms with Gasteiger partial charge in [-0.15, -0.1) is 0 Å². The molecule has 5 nitrogen and oxygen atoms in total. The molecule has 2 aromatic rings. The second-order valence-corrected chi connectivity index (χ2v) is 5.70. The number of hydrogen-bond acceptors (Lipinski definition) is 3. The molecule has 1 aliphatic heterocycles. The third-order valence-corrected chi connectivity index (χ3v) is 3.79. The predicted molar refractivity (Wildman–Crippen MR) is 87.2 cm³/mol. The van der Waals surface area contributed by atoms with Crippen LogP contribution in [0.4, 0.5) is 14.5 Å². The summed E-state index contributed by atoms with van der Waals surface area (Å²) in [6.45, 7) is 0.0286. The van der Waals surface area contributed by atoms with E-state index in [4.69, 9.17) is 4.74 Å². The molecule has 0 unspecified atom stereocenters. The molecule has 0 bridgehead atoms. The van der Waals surface area contributed by atoms with Crippen molar-refractivity contribution in [3.05, 3.63) is 60.2 Å². The van der Waals surface area contributed by atoms with Gasteiger partial charge >= 0.3 is 0 Å². The van der Waals surface area contributed by atoms with Gasteiger partial charge in [0.05, 0.1) is 6.04 Å². The topological polar surface area (TPSA) is 58.6 Å². The van der Waals surface area contributed by atoms with Gasteiger partial charge in [-0.1, -0.05) is 6.07 Å². The van der Waals surface area contributed by atoms with Gasteiger partial charge in [-0.3, -0.25) is 9.59 Å². The molecule has 0 saturated carbocycles. The zero-order valence-corrected chi connectivity index (χ0v) is 13.2. The molecule has 3 rings (SSSR count). The number of carbonyl (C=O) groups is 2. The van der Waals surface area contributed by atoms with E-state index in [-0.39, 0.29) is 37.4 Å². The Morgan fingerprint density at radius 3 is 2.64 bits per heavy atom. The molecule has 0 spiro atoms. The van der Waals surface area contributed by atoms with Gasteiger partial charge in [0.15, 0.2) is 6.61 Å². The molecule has 0 radical (unpaired) electrons. The fraction of sp³-hybridized carbons (Fsp3) is 0.222. The van der Waals surface area contributed by atoms with Crippen molar-refractivity contribution >= 4 is 17.5 Å². The second kappa shape index (κ2) is 7.29. The van der Waals surface area contributed by atoms with E-state index >= 15 is 0 Å². The molecule has 7 heteroatoms. The lowest BCUT2D eigenvalue weighted by Gasteiger charge is -2.17. The molecule has 2 aromatic carbocycles. The van der Waals surface area contributed by atoms with Crippen molar-refractivity contribution in [1.29, 1.82) is 0 Å². The largest absolute Gasteiger partial charge is 0.484 e. The molecule has 1 atom stereocenters. The zero-order valence-electron chi connectivity index (χ0n) is 13.2. The van der Waals surface area contributed by atoms with Crippen LogP contribution in [-0.4, -0.2) is 31.0 Å². The van der Waals surface area contributed by atoms with Crippen LogP contribution in [0, 0.1) is 11.6 Å². The Morgan fingerprint density at radius 1 is 1.16 bits per heavy atom. The molecule has 1 saturated heterocycles. The van der Waals surface area contributed by atoms with Gasteiger partial charge in [0.25, 0.3) is 5.91 Å². The van der Waals surface area contributed by atoms with E-state index in [9.17, 15) is 18.4 Å². The number of ether oxygens (including phenoxy) is 1. The Bertz CT molecular complexity index is 780. The van der Waals surface area contributed by atoms with E-state index in [2.05, 4.69) is 5.32 Å². The van der Waals surface area contributed by atoms with Crippen molar-refractivity contribution in [2.45, 2.75) is 12.5 Å². The predicted octanol–water partition coefficient (Wildman–Crippen LogP) is 2.27. The van der Waals surface area contributed by atoms with Gasteiger partial charge in [-0.25, -0.2) is 8.78 Å². The van der Waals surface area contributed by atoms with Crippen molar-refractivity contribution in [3.8, 4) is 5.75 Å². The Morgan fingerprint density at radius 2 is 1.92 bits per heavy atom. The molecule has 1 heterocycles. The molecule has 25 heavy (non-hydrogen) atoms. The number of halogens is 2. The van der Waals surface area contributed by atoms with Crippen LogP contribution in [-0.2, 0) is 9.59 Å². The number of anilines is 1. The number of amides is 2.